The van der Waals surface area contributed by atoms with E-state index < -0.39 is 0 Å². The Labute approximate surface area is 59.6 Å². The molecule has 0 amide bonds. The van der Waals surface area contributed by atoms with Crippen molar-refractivity contribution in [3.8, 4) is 0 Å². The molecule has 0 atom stereocenters. The average Bonchev–Trinajstić information content (AvgIpc) is 2.13. The lowest BCUT2D eigenvalue weighted by Gasteiger charge is -1.99. The highest BCUT2D eigenvalue weighted by Gasteiger charge is 2.03. The highest BCUT2D eigenvalue weighted by atomic mass is 35.5. The second-order valence-corrected chi connectivity index (χ2v) is 2.52. The van der Waals surface area contributed by atoms with Gasteiger partial charge in [0.2, 0.25) is 0 Å². The summed E-state index contributed by atoms with van der Waals surface area (Å²) in [5, 5.41) is 0. The summed E-state index contributed by atoms with van der Waals surface area (Å²) in [5.41, 5.74) is 0. The molecular weight excluding hydrogens is 136 g/mol. The summed E-state index contributed by atoms with van der Waals surface area (Å²) in [6, 6.07) is 0. The zero-order valence-corrected chi connectivity index (χ0v) is 6.18. The van der Waals surface area contributed by atoms with Gasteiger partial charge in [-0.3, -0.25) is 0 Å². The van der Waals surface area contributed by atoms with Gasteiger partial charge in [0, 0.05) is 17.7 Å². The molecule has 0 saturated carbocycles. The summed E-state index contributed by atoms with van der Waals surface area (Å²) < 4.78 is 1.39. The molecule has 0 spiro atoms. The van der Waals surface area contributed by atoms with Gasteiger partial charge < -0.3 is 0 Å². The first-order valence-electron chi connectivity index (χ1n) is 2.83. The molecule has 1 aromatic rings. The van der Waals surface area contributed by atoms with E-state index in [9.17, 15) is 0 Å². The number of hydrogen-bond acceptors (Lipinski definition) is 1. The lowest BCUT2D eigenvalue weighted by molar-refractivity contribution is 0.776. The maximum absolute atomic E-state index is 5.63. The summed E-state index contributed by atoms with van der Waals surface area (Å²) in [5.74, 6) is 1.23. The normalized spacial score (nSPS) is 10.7. The van der Waals surface area contributed by atoms with Gasteiger partial charge in [0.05, 0.1) is 6.20 Å². The van der Waals surface area contributed by atoms with Crippen LogP contribution in [-0.4, -0.2) is 9.07 Å². The summed E-state index contributed by atoms with van der Waals surface area (Å²) in [6.07, 6.45) is 4.29. The van der Waals surface area contributed by atoms with Gasteiger partial charge in [0.1, 0.15) is 12.0 Å². The first-order chi connectivity index (χ1) is 4.22. The molecular formula is C6H8ClN2. The molecule has 9 heavy (non-hydrogen) atoms. The van der Waals surface area contributed by atoms with Crippen LogP contribution < -0.4 is 0 Å². The smallest absolute Gasteiger partial charge is 0.126 e. The monoisotopic (exact) mass is 143 g/mol. The molecule has 0 bridgehead atoms. The van der Waals surface area contributed by atoms with Crippen LogP contribution in [0.5, 0.6) is 0 Å². The zero-order chi connectivity index (χ0) is 6.85. The van der Waals surface area contributed by atoms with Crippen molar-refractivity contribution in [2.75, 3.05) is 0 Å². The van der Waals surface area contributed by atoms with Gasteiger partial charge in [-0.25, -0.2) is 9.07 Å². The second-order valence-electron chi connectivity index (χ2n) is 2.18. The van der Waals surface area contributed by atoms with E-state index in [0.717, 1.165) is 5.82 Å². The number of aromatic nitrogens is 2. The molecule has 0 aliphatic rings. The van der Waals surface area contributed by atoms with E-state index in [4.69, 9.17) is 11.8 Å². The SMILES string of the molecule is CC(C)c1nc[c]n1Cl. The molecule has 0 saturated heterocycles. The Morgan fingerprint density at radius 1 is 1.78 bits per heavy atom. The Bertz CT molecular complexity index is 193. The van der Waals surface area contributed by atoms with Gasteiger partial charge in [-0.05, 0) is 0 Å². The molecule has 0 N–H and O–H groups in total. The summed E-state index contributed by atoms with van der Waals surface area (Å²) in [6.45, 7) is 4.07. The standard InChI is InChI=1S/C6H8ClN2/c1-5(2)6-8-3-4-9(6)7/h3,5H,1-2H3. The minimum Gasteiger partial charge on any atom is -0.239 e. The maximum Gasteiger partial charge on any atom is 0.126 e. The van der Waals surface area contributed by atoms with Crippen LogP contribution in [0.25, 0.3) is 0 Å². The maximum atomic E-state index is 5.63. The molecule has 49 valence electrons. The van der Waals surface area contributed by atoms with E-state index in [1.165, 1.54) is 4.09 Å². The molecule has 1 rings (SSSR count). The number of rotatable bonds is 1. The Kier molecular flexibility index (Phi) is 1.76. The van der Waals surface area contributed by atoms with Gasteiger partial charge in [-0.15, -0.1) is 0 Å². The third kappa shape index (κ3) is 1.24. The van der Waals surface area contributed by atoms with E-state index in [2.05, 4.69) is 11.2 Å². The van der Waals surface area contributed by atoms with E-state index in [-0.39, 0.29) is 0 Å². The van der Waals surface area contributed by atoms with Gasteiger partial charge in [-0.2, -0.15) is 0 Å². The quantitative estimate of drug-likeness (QED) is 0.586. The molecule has 0 unspecified atom stereocenters. The van der Waals surface area contributed by atoms with E-state index in [0.29, 0.717) is 5.92 Å². The molecule has 1 radical (unpaired) electrons. The molecule has 2 nitrogen and oxygen atoms in total. The van der Waals surface area contributed by atoms with Crippen LogP contribution in [0.15, 0.2) is 6.20 Å². The van der Waals surface area contributed by atoms with Crippen LogP contribution in [0.3, 0.4) is 0 Å². The van der Waals surface area contributed by atoms with Crippen molar-refractivity contribution in [3.05, 3.63) is 18.2 Å². The van der Waals surface area contributed by atoms with Gasteiger partial charge in [-0.1, -0.05) is 13.8 Å². The van der Waals surface area contributed by atoms with Crippen molar-refractivity contribution in [1.29, 1.82) is 0 Å². The average molecular weight is 144 g/mol. The van der Waals surface area contributed by atoms with Crippen molar-refractivity contribution < 1.29 is 0 Å². The van der Waals surface area contributed by atoms with Crippen LogP contribution in [0.4, 0.5) is 0 Å². The predicted octanol–water partition coefficient (Wildman–Crippen LogP) is 1.81. The zero-order valence-electron chi connectivity index (χ0n) is 5.43. The lowest BCUT2D eigenvalue weighted by atomic mass is 10.2. The van der Waals surface area contributed by atoms with E-state index in [1.807, 2.05) is 13.8 Å². The minimum atomic E-state index is 0.369. The van der Waals surface area contributed by atoms with Crippen LogP contribution in [0.2, 0.25) is 0 Å². The van der Waals surface area contributed by atoms with Crippen molar-refractivity contribution >= 4 is 11.8 Å². The fraction of sp³-hybridized carbons (Fsp3) is 0.500. The third-order valence-corrected chi connectivity index (χ3v) is 1.36. The highest BCUT2D eigenvalue weighted by molar-refractivity contribution is 6.15. The largest absolute Gasteiger partial charge is 0.239 e. The Morgan fingerprint density at radius 3 is 2.67 bits per heavy atom. The predicted molar refractivity (Wildman–Crippen MR) is 36.4 cm³/mol. The number of hydrogen-bond donors (Lipinski definition) is 0. The van der Waals surface area contributed by atoms with Crippen molar-refractivity contribution in [2.24, 2.45) is 0 Å². The molecule has 1 heterocycles. The molecule has 1 aromatic heterocycles. The molecule has 0 aromatic carbocycles. The van der Waals surface area contributed by atoms with Crippen LogP contribution in [0, 0.1) is 6.20 Å². The minimum absolute atomic E-state index is 0.369. The van der Waals surface area contributed by atoms with Crippen LogP contribution >= 0.6 is 11.8 Å². The number of halogens is 1. The second kappa shape index (κ2) is 2.40. The molecule has 0 fully saturated rings. The summed E-state index contributed by atoms with van der Waals surface area (Å²) in [4.78, 5) is 3.99. The van der Waals surface area contributed by atoms with Crippen molar-refractivity contribution in [2.45, 2.75) is 19.8 Å². The molecule has 0 aliphatic carbocycles. The fourth-order valence-electron chi connectivity index (χ4n) is 0.638. The fourth-order valence-corrected chi connectivity index (χ4v) is 0.921. The first kappa shape index (κ1) is 6.62. The number of nitrogens with zero attached hydrogens (tertiary/aromatic N) is 2. The topological polar surface area (TPSA) is 17.8 Å². The molecule has 3 heteroatoms. The number of imidazole rings is 1. The third-order valence-electron chi connectivity index (χ3n) is 1.09. The van der Waals surface area contributed by atoms with Gasteiger partial charge >= 0.3 is 0 Å². The first-order valence-corrected chi connectivity index (χ1v) is 3.17. The van der Waals surface area contributed by atoms with Crippen molar-refractivity contribution in [3.63, 3.8) is 0 Å². The van der Waals surface area contributed by atoms with Crippen LogP contribution in [0.1, 0.15) is 25.6 Å². The van der Waals surface area contributed by atoms with Crippen molar-refractivity contribution in [1.82, 2.24) is 9.07 Å². The summed E-state index contributed by atoms with van der Waals surface area (Å²) in [7, 11) is 0. The Hall–Kier alpha value is -0.500. The van der Waals surface area contributed by atoms with Gasteiger partial charge in [0.25, 0.3) is 0 Å². The van der Waals surface area contributed by atoms with Gasteiger partial charge in [0.15, 0.2) is 0 Å². The van der Waals surface area contributed by atoms with E-state index >= 15 is 0 Å². The lowest BCUT2D eigenvalue weighted by Crippen LogP contribution is -1.94. The Morgan fingerprint density at radius 2 is 2.44 bits per heavy atom. The van der Waals surface area contributed by atoms with Crippen LogP contribution in [-0.2, 0) is 0 Å². The summed E-state index contributed by atoms with van der Waals surface area (Å²) >= 11 is 5.63. The Balaban J connectivity index is 2.94. The molecule has 0 aliphatic heterocycles. The van der Waals surface area contributed by atoms with E-state index in [1.54, 1.807) is 6.20 Å². The highest BCUT2D eigenvalue weighted by Crippen LogP contribution is 2.11.